The van der Waals surface area contributed by atoms with E-state index in [1.807, 2.05) is 26.0 Å². The van der Waals surface area contributed by atoms with Crippen LogP contribution in [0.3, 0.4) is 0 Å². The lowest BCUT2D eigenvalue weighted by molar-refractivity contribution is -0.660. The van der Waals surface area contributed by atoms with Crippen LogP contribution in [-0.4, -0.2) is 4.98 Å². The molecule has 3 nitrogen and oxygen atoms in total. The van der Waals surface area contributed by atoms with Crippen molar-refractivity contribution < 1.29 is 8.98 Å². The highest BCUT2D eigenvalue weighted by Crippen LogP contribution is 2.37. The van der Waals surface area contributed by atoms with E-state index in [9.17, 15) is 0 Å². The van der Waals surface area contributed by atoms with Crippen LogP contribution in [0.4, 0.5) is 0 Å². The monoisotopic (exact) mass is 303 g/mol. The summed E-state index contributed by atoms with van der Waals surface area (Å²) in [6.45, 7) is 6.18. The summed E-state index contributed by atoms with van der Waals surface area (Å²) in [5.41, 5.74) is 7.37. The van der Waals surface area contributed by atoms with Crippen LogP contribution in [0.5, 0.6) is 0 Å². The number of nitrogens with zero attached hydrogens (tertiary/aromatic N) is 2. The molecule has 0 atom stereocenters. The number of pyridine rings is 2. The van der Waals surface area contributed by atoms with Gasteiger partial charge in [0, 0.05) is 40.4 Å². The quantitative estimate of drug-likeness (QED) is 0.488. The molecule has 0 fully saturated rings. The molecule has 0 aliphatic heterocycles. The maximum absolute atomic E-state index is 6.28. The minimum atomic E-state index is 0.912. The van der Waals surface area contributed by atoms with Crippen molar-refractivity contribution in [1.82, 2.24) is 4.98 Å². The molecule has 3 aromatic heterocycles. The predicted octanol–water partition coefficient (Wildman–Crippen LogP) is 4.40. The van der Waals surface area contributed by atoms with E-state index in [4.69, 9.17) is 4.42 Å². The highest BCUT2D eigenvalue weighted by molar-refractivity contribution is 6.10. The van der Waals surface area contributed by atoms with Crippen LogP contribution in [0.2, 0.25) is 0 Å². The first-order chi connectivity index (χ1) is 11.1. The number of aromatic nitrogens is 2. The first-order valence-corrected chi connectivity index (χ1v) is 7.81. The molecule has 0 amide bonds. The smallest absolute Gasteiger partial charge is 0.216 e. The largest absolute Gasteiger partial charge is 0.455 e. The average Bonchev–Trinajstić information content (AvgIpc) is 2.86. The summed E-state index contributed by atoms with van der Waals surface area (Å²) < 4.78 is 8.41. The molecule has 0 bridgehead atoms. The van der Waals surface area contributed by atoms with Crippen molar-refractivity contribution in [2.24, 2.45) is 7.05 Å². The van der Waals surface area contributed by atoms with Crippen molar-refractivity contribution in [3.8, 4) is 11.3 Å². The highest BCUT2D eigenvalue weighted by atomic mass is 16.3. The van der Waals surface area contributed by atoms with E-state index in [-0.39, 0.29) is 0 Å². The fourth-order valence-corrected chi connectivity index (χ4v) is 3.40. The van der Waals surface area contributed by atoms with E-state index in [0.29, 0.717) is 0 Å². The van der Waals surface area contributed by atoms with Gasteiger partial charge in [-0.25, -0.2) is 4.57 Å². The zero-order chi connectivity index (χ0) is 16.1. The molecule has 0 saturated heterocycles. The summed E-state index contributed by atoms with van der Waals surface area (Å²) in [5, 5.41) is 2.25. The second-order valence-electron chi connectivity index (χ2n) is 6.16. The maximum Gasteiger partial charge on any atom is 0.216 e. The molecule has 1 aromatic carbocycles. The van der Waals surface area contributed by atoms with Crippen LogP contribution >= 0.6 is 0 Å². The van der Waals surface area contributed by atoms with Crippen LogP contribution in [-0.2, 0) is 7.05 Å². The zero-order valence-electron chi connectivity index (χ0n) is 13.8. The Balaban J connectivity index is 2.19. The normalized spacial score (nSPS) is 11.5. The van der Waals surface area contributed by atoms with E-state index in [2.05, 4.69) is 54.0 Å². The lowest BCUT2D eigenvalue weighted by Crippen LogP contribution is -2.30. The fourth-order valence-electron chi connectivity index (χ4n) is 3.40. The molecule has 23 heavy (non-hydrogen) atoms. The zero-order valence-corrected chi connectivity index (χ0v) is 13.8. The second-order valence-corrected chi connectivity index (χ2v) is 6.16. The third kappa shape index (κ3) is 2.04. The van der Waals surface area contributed by atoms with Crippen molar-refractivity contribution in [2.75, 3.05) is 0 Å². The van der Waals surface area contributed by atoms with Crippen molar-refractivity contribution in [2.45, 2.75) is 20.8 Å². The Bertz CT molecular complexity index is 1060. The number of fused-ring (bicyclic) bond motifs is 3. The van der Waals surface area contributed by atoms with Crippen LogP contribution in [0, 0.1) is 20.8 Å². The summed E-state index contributed by atoms with van der Waals surface area (Å²) >= 11 is 0. The number of rotatable bonds is 1. The molecule has 3 heteroatoms. The van der Waals surface area contributed by atoms with Gasteiger partial charge in [-0.05, 0) is 32.4 Å². The number of furan rings is 1. The number of hydrogen-bond acceptors (Lipinski definition) is 2. The highest BCUT2D eigenvalue weighted by Gasteiger charge is 2.21. The van der Waals surface area contributed by atoms with E-state index in [1.165, 1.54) is 5.56 Å². The van der Waals surface area contributed by atoms with E-state index in [0.717, 1.165) is 44.6 Å². The maximum atomic E-state index is 6.28. The van der Waals surface area contributed by atoms with Gasteiger partial charge in [0.1, 0.15) is 18.2 Å². The molecular weight excluding hydrogens is 284 g/mol. The number of aryl methyl sites for hydroxylation is 4. The molecule has 114 valence electrons. The average molecular weight is 303 g/mol. The Labute approximate surface area is 135 Å². The number of hydrogen-bond donors (Lipinski definition) is 0. The minimum Gasteiger partial charge on any atom is -0.455 e. The third-order valence-electron chi connectivity index (χ3n) is 4.45. The Morgan fingerprint density at radius 2 is 1.87 bits per heavy atom. The Morgan fingerprint density at radius 1 is 1.04 bits per heavy atom. The molecular formula is C20H19N2O+. The van der Waals surface area contributed by atoms with Crippen LogP contribution in [0.1, 0.15) is 17.0 Å². The molecule has 4 rings (SSSR count). The molecule has 0 saturated carbocycles. The summed E-state index contributed by atoms with van der Waals surface area (Å²) in [6, 6.07) is 12.6. The standard InChI is InChI=1S/C20H19N2O/c1-12-8-9-15-19-14(3)21-13(2)11-17(19)23-20(15)18(12)16-7-5-6-10-22(16)4/h5-11H,1-4H3/q+1. The summed E-state index contributed by atoms with van der Waals surface area (Å²) in [7, 11) is 2.06. The fraction of sp³-hybridized carbons (Fsp3) is 0.200. The van der Waals surface area contributed by atoms with Crippen molar-refractivity contribution in [3.63, 3.8) is 0 Å². The summed E-state index contributed by atoms with van der Waals surface area (Å²) in [5.74, 6) is 0. The molecule has 0 radical (unpaired) electrons. The minimum absolute atomic E-state index is 0.912. The van der Waals surface area contributed by atoms with Gasteiger partial charge in [-0.3, -0.25) is 4.98 Å². The van der Waals surface area contributed by atoms with Gasteiger partial charge in [0.25, 0.3) is 0 Å². The van der Waals surface area contributed by atoms with E-state index >= 15 is 0 Å². The lowest BCUT2D eigenvalue weighted by atomic mass is 10.0. The van der Waals surface area contributed by atoms with Crippen LogP contribution < -0.4 is 4.57 Å². The number of benzene rings is 1. The van der Waals surface area contributed by atoms with Crippen LogP contribution in [0.25, 0.3) is 33.2 Å². The molecule has 0 aliphatic carbocycles. The van der Waals surface area contributed by atoms with Crippen LogP contribution in [0.15, 0.2) is 47.0 Å². The van der Waals surface area contributed by atoms with Crippen molar-refractivity contribution in [1.29, 1.82) is 0 Å². The predicted molar refractivity (Wildman–Crippen MR) is 92.3 cm³/mol. The summed E-state index contributed by atoms with van der Waals surface area (Å²) in [6.07, 6.45) is 2.06. The molecule has 0 unspecified atom stereocenters. The summed E-state index contributed by atoms with van der Waals surface area (Å²) in [4.78, 5) is 4.60. The Kier molecular flexibility index (Phi) is 2.98. The SMILES string of the molecule is Cc1cc2oc3c(-c4cccc[n+]4C)c(C)ccc3c2c(C)n1. The van der Waals surface area contributed by atoms with Gasteiger partial charge in [-0.2, -0.15) is 0 Å². The first kappa shape index (κ1) is 13.9. The lowest BCUT2D eigenvalue weighted by Gasteiger charge is -2.05. The van der Waals surface area contributed by atoms with Gasteiger partial charge >= 0.3 is 0 Å². The topological polar surface area (TPSA) is 29.9 Å². The van der Waals surface area contributed by atoms with Gasteiger partial charge in [0.05, 0.1) is 5.56 Å². The first-order valence-electron chi connectivity index (χ1n) is 7.81. The third-order valence-corrected chi connectivity index (χ3v) is 4.45. The Hall–Kier alpha value is -2.68. The van der Waals surface area contributed by atoms with E-state index < -0.39 is 0 Å². The van der Waals surface area contributed by atoms with Gasteiger partial charge in [-0.1, -0.05) is 12.1 Å². The molecule has 0 N–H and O–H groups in total. The molecule has 3 heterocycles. The van der Waals surface area contributed by atoms with Gasteiger partial charge in [-0.15, -0.1) is 0 Å². The second kappa shape index (κ2) is 4.92. The Morgan fingerprint density at radius 3 is 2.65 bits per heavy atom. The molecule has 0 spiro atoms. The molecule has 4 aromatic rings. The van der Waals surface area contributed by atoms with E-state index in [1.54, 1.807) is 0 Å². The van der Waals surface area contributed by atoms with Crippen molar-refractivity contribution >= 4 is 21.9 Å². The van der Waals surface area contributed by atoms with Gasteiger partial charge in [0.2, 0.25) is 5.69 Å². The van der Waals surface area contributed by atoms with Crippen molar-refractivity contribution in [3.05, 3.63) is 59.5 Å². The molecule has 0 aliphatic rings. The van der Waals surface area contributed by atoms with Gasteiger partial charge in [0.15, 0.2) is 6.20 Å². The van der Waals surface area contributed by atoms with Gasteiger partial charge < -0.3 is 4.42 Å².